The minimum Gasteiger partial charge on any atom is -0.353 e. The second kappa shape index (κ2) is 6.45. The van der Waals surface area contributed by atoms with E-state index in [0.717, 1.165) is 29.7 Å². The molecule has 4 rings (SSSR count). The first kappa shape index (κ1) is 16.6. The Morgan fingerprint density at radius 3 is 2.36 bits per heavy atom. The van der Waals surface area contributed by atoms with Gasteiger partial charge in [-0.2, -0.15) is 0 Å². The van der Waals surface area contributed by atoms with E-state index < -0.39 is 5.92 Å². The summed E-state index contributed by atoms with van der Waals surface area (Å²) in [4.78, 5) is 27.3. The number of aryl methyl sites for hydroxylation is 2. The van der Waals surface area contributed by atoms with Gasteiger partial charge in [-0.3, -0.25) is 9.59 Å². The number of amides is 2. The van der Waals surface area contributed by atoms with Gasteiger partial charge in [0.2, 0.25) is 11.8 Å². The summed E-state index contributed by atoms with van der Waals surface area (Å²) in [7, 11) is 0. The smallest absolute Gasteiger partial charge is 0.239 e. The maximum Gasteiger partial charge on any atom is 0.239 e. The summed E-state index contributed by atoms with van der Waals surface area (Å²) in [6.07, 6.45) is 5.00. The Morgan fingerprint density at radius 2 is 1.72 bits per heavy atom. The number of anilines is 1. The Kier molecular flexibility index (Phi) is 4.28. The van der Waals surface area contributed by atoms with E-state index in [9.17, 15) is 9.59 Å². The number of benzene rings is 1. The van der Waals surface area contributed by atoms with Crippen molar-refractivity contribution in [3.05, 3.63) is 29.3 Å². The third-order valence-electron chi connectivity index (χ3n) is 5.86. The molecule has 2 amide bonds. The lowest BCUT2D eigenvalue weighted by molar-refractivity contribution is -0.132. The molecule has 0 saturated carbocycles. The highest BCUT2D eigenvalue weighted by molar-refractivity contribution is 6.09. The minimum absolute atomic E-state index is 0.0561. The van der Waals surface area contributed by atoms with Crippen LogP contribution in [-0.4, -0.2) is 36.5 Å². The van der Waals surface area contributed by atoms with Crippen molar-refractivity contribution in [2.45, 2.75) is 64.1 Å². The predicted octanol–water partition coefficient (Wildman–Crippen LogP) is 2.06. The predicted molar refractivity (Wildman–Crippen MR) is 97.5 cm³/mol. The maximum absolute atomic E-state index is 12.8. The van der Waals surface area contributed by atoms with E-state index in [1.807, 2.05) is 26.0 Å². The quantitative estimate of drug-likeness (QED) is 0.827. The van der Waals surface area contributed by atoms with Gasteiger partial charge >= 0.3 is 0 Å². The first-order valence-electron chi connectivity index (χ1n) is 9.45. The molecule has 0 aromatic heterocycles. The standard InChI is InChI=1S/C20H27N3O2/c1-12-7-13(2)9-17(8-12)23-6-5-18(20(23)25)19(24)22-16-10-14-3-4-15(11-16)21-14/h7-9,14-16,18,21H,3-6,10-11H2,1-2H3,(H,22,24). The van der Waals surface area contributed by atoms with Crippen molar-refractivity contribution in [1.82, 2.24) is 10.6 Å². The lowest BCUT2D eigenvalue weighted by Crippen LogP contribution is -2.50. The van der Waals surface area contributed by atoms with E-state index in [0.29, 0.717) is 25.0 Å². The first-order valence-corrected chi connectivity index (χ1v) is 9.45. The van der Waals surface area contributed by atoms with Gasteiger partial charge < -0.3 is 15.5 Å². The van der Waals surface area contributed by atoms with Crippen molar-refractivity contribution < 1.29 is 9.59 Å². The van der Waals surface area contributed by atoms with Gasteiger partial charge in [0.25, 0.3) is 0 Å². The van der Waals surface area contributed by atoms with Crippen LogP contribution in [0.4, 0.5) is 5.69 Å². The third kappa shape index (κ3) is 3.30. The molecule has 3 aliphatic rings. The molecule has 1 aromatic carbocycles. The SMILES string of the molecule is Cc1cc(C)cc(N2CCC(C(=O)NC3CC4CCC(C3)N4)C2=O)c1. The fraction of sp³-hybridized carbons (Fsp3) is 0.600. The van der Waals surface area contributed by atoms with Gasteiger partial charge in [-0.1, -0.05) is 6.07 Å². The van der Waals surface area contributed by atoms with Crippen LogP contribution in [0.25, 0.3) is 0 Å². The Balaban J connectivity index is 1.41. The zero-order valence-corrected chi connectivity index (χ0v) is 15.0. The molecule has 1 aromatic rings. The highest BCUT2D eigenvalue weighted by atomic mass is 16.2. The molecule has 2 bridgehead atoms. The molecule has 3 heterocycles. The molecule has 0 spiro atoms. The van der Waals surface area contributed by atoms with Crippen LogP contribution in [-0.2, 0) is 9.59 Å². The number of rotatable bonds is 3. The molecule has 5 heteroatoms. The zero-order valence-electron chi connectivity index (χ0n) is 15.0. The molecule has 3 saturated heterocycles. The van der Waals surface area contributed by atoms with Gasteiger partial charge in [0.05, 0.1) is 0 Å². The molecular weight excluding hydrogens is 314 g/mol. The average Bonchev–Trinajstić information content (AvgIpc) is 3.09. The third-order valence-corrected chi connectivity index (χ3v) is 5.86. The molecule has 134 valence electrons. The summed E-state index contributed by atoms with van der Waals surface area (Å²) in [5.41, 5.74) is 3.19. The van der Waals surface area contributed by atoms with Gasteiger partial charge in [0.15, 0.2) is 0 Å². The fourth-order valence-corrected chi connectivity index (χ4v) is 4.76. The molecule has 3 unspecified atom stereocenters. The zero-order chi connectivity index (χ0) is 17.6. The van der Waals surface area contributed by atoms with Crippen molar-refractivity contribution in [1.29, 1.82) is 0 Å². The molecule has 3 aliphatic heterocycles. The highest BCUT2D eigenvalue weighted by Gasteiger charge is 2.40. The van der Waals surface area contributed by atoms with Crippen molar-refractivity contribution >= 4 is 17.5 Å². The molecule has 0 aliphatic carbocycles. The lowest BCUT2D eigenvalue weighted by atomic mass is 9.98. The van der Waals surface area contributed by atoms with E-state index in [-0.39, 0.29) is 17.9 Å². The number of piperidine rings is 1. The number of fused-ring (bicyclic) bond motifs is 2. The summed E-state index contributed by atoms with van der Waals surface area (Å²) in [6, 6.07) is 7.44. The minimum atomic E-state index is -0.534. The topological polar surface area (TPSA) is 61.4 Å². The van der Waals surface area contributed by atoms with Crippen LogP contribution < -0.4 is 15.5 Å². The maximum atomic E-state index is 12.8. The lowest BCUT2D eigenvalue weighted by Gasteiger charge is -2.30. The van der Waals surface area contributed by atoms with Gasteiger partial charge in [-0.25, -0.2) is 0 Å². The summed E-state index contributed by atoms with van der Waals surface area (Å²) in [5, 5.41) is 6.74. The molecule has 0 radical (unpaired) electrons. The number of nitrogens with zero attached hydrogens (tertiary/aromatic N) is 1. The number of carbonyl (C=O) groups excluding carboxylic acids is 2. The van der Waals surface area contributed by atoms with Crippen molar-refractivity contribution in [2.75, 3.05) is 11.4 Å². The Bertz CT molecular complexity index is 670. The summed E-state index contributed by atoms with van der Waals surface area (Å²) >= 11 is 0. The normalized spacial score (nSPS) is 31.4. The summed E-state index contributed by atoms with van der Waals surface area (Å²) < 4.78 is 0. The largest absolute Gasteiger partial charge is 0.353 e. The second-order valence-electron chi connectivity index (χ2n) is 7.99. The van der Waals surface area contributed by atoms with E-state index in [1.165, 1.54) is 12.8 Å². The highest BCUT2D eigenvalue weighted by Crippen LogP contribution is 2.29. The van der Waals surface area contributed by atoms with E-state index in [1.54, 1.807) is 4.90 Å². The van der Waals surface area contributed by atoms with Crippen molar-refractivity contribution in [3.8, 4) is 0 Å². The van der Waals surface area contributed by atoms with Crippen LogP contribution in [0.15, 0.2) is 18.2 Å². The number of nitrogens with one attached hydrogen (secondary N) is 2. The summed E-state index contributed by atoms with van der Waals surface area (Å²) in [5.74, 6) is -0.670. The molecular formula is C20H27N3O2. The van der Waals surface area contributed by atoms with Crippen LogP contribution in [0.3, 0.4) is 0 Å². The van der Waals surface area contributed by atoms with Crippen LogP contribution in [0.2, 0.25) is 0 Å². The van der Waals surface area contributed by atoms with E-state index >= 15 is 0 Å². The molecule has 2 N–H and O–H groups in total. The molecule has 3 atom stereocenters. The van der Waals surface area contributed by atoms with E-state index in [4.69, 9.17) is 0 Å². The second-order valence-corrected chi connectivity index (χ2v) is 7.99. The van der Waals surface area contributed by atoms with Crippen LogP contribution >= 0.6 is 0 Å². The van der Waals surface area contributed by atoms with Gasteiger partial charge in [-0.15, -0.1) is 0 Å². The van der Waals surface area contributed by atoms with Crippen LogP contribution in [0.1, 0.15) is 43.2 Å². The Morgan fingerprint density at radius 1 is 1.08 bits per heavy atom. The average molecular weight is 341 g/mol. The number of hydrogen-bond donors (Lipinski definition) is 2. The summed E-state index contributed by atoms with van der Waals surface area (Å²) in [6.45, 7) is 4.69. The number of hydrogen-bond acceptors (Lipinski definition) is 3. The monoisotopic (exact) mass is 341 g/mol. The fourth-order valence-electron chi connectivity index (χ4n) is 4.76. The first-order chi connectivity index (χ1) is 12.0. The Hall–Kier alpha value is -1.88. The molecule has 3 fully saturated rings. The van der Waals surface area contributed by atoms with E-state index in [2.05, 4.69) is 16.7 Å². The number of carbonyl (C=O) groups is 2. The molecule has 5 nitrogen and oxygen atoms in total. The van der Waals surface area contributed by atoms with Gasteiger partial charge in [0, 0.05) is 30.4 Å². The van der Waals surface area contributed by atoms with Crippen LogP contribution in [0, 0.1) is 19.8 Å². The van der Waals surface area contributed by atoms with Crippen LogP contribution in [0.5, 0.6) is 0 Å². The van der Waals surface area contributed by atoms with Crippen molar-refractivity contribution in [3.63, 3.8) is 0 Å². The Labute approximate surface area is 149 Å². The van der Waals surface area contributed by atoms with Crippen molar-refractivity contribution in [2.24, 2.45) is 5.92 Å². The molecule has 25 heavy (non-hydrogen) atoms. The van der Waals surface area contributed by atoms with Gasteiger partial charge in [-0.05, 0) is 69.2 Å². The van der Waals surface area contributed by atoms with Gasteiger partial charge in [0.1, 0.15) is 5.92 Å².